The summed E-state index contributed by atoms with van der Waals surface area (Å²) in [7, 11) is 0. The van der Waals surface area contributed by atoms with E-state index in [9.17, 15) is 5.11 Å². The first kappa shape index (κ1) is 14.0. The van der Waals surface area contributed by atoms with E-state index in [1.54, 1.807) is 0 Å². The molecule has 0 radical (unpaired) electrons. The molecule has 19 heavy (non-hydrogen) atoms. The van der Waals surface area contributed by atoms with Gasteiger partial charge in [0.1, 0.15) is 10.6 Å². The van der Waals surface area contributed by atoms with E-state index in [-0.39, 0.29) is 0 Å². The minimum atomic E-state index is -0.752. The van der Waals surface area contributed by atoms with Crippen LogP contribution in [0.25, 0.3) is 10.2 Å². The standard InChI is InChI=1S/C12H19N5OS/c1-3-5-12(2,18)7-14-9-8-4-6-19-10(8)16-11(15-9)17-13/h4,6,18H,3,5,7,13H2,1-2H3,(H2,14,15,16,17). The Balaban J connectivity index is 2.22. The van der Waals surface area contributed by atoms with Crippen molar-refractivity contribution < 1.29 is 5.11 Å². The minimum absolute atomic E-state index is 0.368. The SMILES string of the molecule is CCCC(C)(O)CNc1nc(NN)nc2sccc12. The van der Waals surface area contributed by atoms with Gasteiger partial charge in [0.15, 0.2) is 0 Å². The summed E-state index contributed by atoms with van der Waals surface area (Å²) in [4.78, 5) is 9.42. The smallest absolute Gasteiger partial charge is 0.240 e. The number of aliphatic hydroxyl groups is 1. The van der Waals surface area contributed by atoms with Gasteiger partial charge in [-0.15, -0.1) is 11.3 Å². The van der Waals surface area contributed by atoms with Gasteiger partial charge in [0.25, 0.3) is 0 Å². The molecule has 0 aliphatic heterocycles. The first-order valence-corrected chi connectivity index (χ1v) is 7.12. The molecule has 1 unspecified atom stereocenters. The van der Waals surface area contributed by atoms with Crippen molar-refractivity contribution in [1.29, 1.82) is 0 Å². The molecule has 104 valence electrons. The van der Waals surface area contributed by atoms with Crippen molar-refractivity contribution in [3.8, 4) is 0 Å². The van der Waals surface area contributed by atoms with Gasteiger partial charge in [0.05, 0.1) is 11.0 Å². The number of aromatic nitrogens is 2. The second kappa shape index (κ2) is 5.68. The number of hydrogen-bond acceptors (Lipinski definition) is 7. The van der Waals surface area contributed by atoms with Crippen molar-refractivity contribution in [1.82, 2.24) is 9.97 Å². The average Bonchev–Trinajstić information content (AvgIpc) is 2.83. The maximum absolute atomic E-state index is 10.2. The van der Waals surface area contributed by atoms with Crippen molar-refractivity contribution in [3.63, 3.8) is 0 Å². The number of nitrogen functional groups attached to an aromatic ring is 1. The highest BCUT2D eigenvalue weighted by Crippen LogP contribution is 2.26. The number of nitrogens with one attached hydrogen (secondary N) is 2. The van der Waals surface area contributed by atoms with Gasteiger partial charge < -0.3 is 10.4 Å². The largest absolute Gasteiger partial charge is 0.388 e. The van der Waals surface area contributed by atoms with Crippen LogP contribution in [0.1, 0.15) is 26.7 Å². The maximum Gasteiger partial charge on any atom is 0.240 e. The molecule has 2 heterocycles. The molecule has 2 aromatic rings. The van der Waals surface area contributed by atoms with Gasteiger partial charge in [-0.1, -0.05) is 13.3 Å². The Labute approximate surface area is 116 Å². The molecule has 2 aromatic heterocycles. The number of nitrogens with zero attached hydrogens (tertiary/aromatic N) is 2. The molecule has 5 N–H and O–H groups in total. The zero-order valence-corrected chi connectivity index (χ0v) is 11.9. The van der Waals surface area contributed by atoms with Crippen LogP contribution in [-0.2, 0) is 0 Å². The van der Waals surface area contributed by atoms with Crippen LogP contribution in [0.3, 0.4) is 0 Å². The van der Waals surface area contributed by atoms with E-state index in [1.807, 2.05) is 25.3 Å². The lowest BCUT2D eigenvalue weighted by Gasteiger charge is -2.23. The topological polar surface area (TPSA) is 96.1 Å². The zero-order valence-electron chi connectivity index (χ0n) is 11.1. The van der Waals surface area contributed by atoms with Crippen molar-refractivity contribution >= 4 is 33.3 Å². The summed E-state index contributed by atoms with van der Waals surface area (Å²) in [6, 6.07) is 1.96. The number of hydrogen-bond donors (Lipinski definition) is 4. The van der Waals surface area contributed by atoms with Gasteiger partial charge in [0, 0.05) is 6.54 Å². The number of rotatable bonds is 6. The highest BCUT2D eigenvalue weighted by molar-refractivity contribution is 7.16. The highest BCUT2D eigenvalue weighted by Gasteiger charge is 2.19. The third-order valence-electron chi connectivity index (χ3n) is 2.88. The molecule has 0 aromatic carbocycles. The van der Waals surface area contributed by atoms with Crippen molar-refractivity contribution in [2.45, 2.75) is 32.3 Å². The van der Waals surface area contributed by atoms with E-state index < -0.39 is 5.60 Å². The number of thiophene rings is 1. The number of nitrogens with two attached hydrogens (primary N) is 1. The fraction of sp³-hybridized carbons (Fsp3) is 0.500. The maximum atomic E-state index is 10.2. The van der Waals surface area contributed by atoms with Gasteiger partial charge >= 0.3 is 0 Å². The van der Waals surface area contributed by atoms with Gasteiger partial charge in [-0.25, -0.2) is 10.8 Å². The minimum Gasteiger partial charge on any atom is -0.388 e. The third kappa shape index (κ3) is 3.31. The van der Waals surface area contributed by atoms with Crippen LogP contribution < -0.4 is 16.6 Å². The van der Waals surface area contributed by atoms with E-state index in [0.29, 0.717) is 18.3 Å². The molecule has 0 bridgehead atoms. The van der Waals surface area contributed by atoms with Gasteiger partial charge in [0.2, 0.25) is 5.95 Å². The van der Waals surface area contributed by atoms with Crippen LogP contribution in [0.2, 0.25) is 0 Å². The van der Waals surface area contributed by atoms with Crippen molar-refractivity contribution in [3.05, 3.63) is 11.4 Å². The second-order valence-corrected chi connectivity index (χ2v) is 5.67. The Bertz CT molecular complexity index is 554. The average molecular weight is 281 g/mol. The highest BCUT2D eigenvalue weighted by atomic mass is 32.1. The van der Waals surface area contributed by atoms with Crippen LogP contribution in [0.15, 0.2) is 11.4 Å². The summed E-state index contributed by atoms with van der Waals surface area (Å²) < 4.78 is 0. The molecule has 7 heteroatoms. The molecule has 1 atom stereocenters. The number of hydrazine groups is 1. The second-order valence-electron chi connectivity index (χ2n) is 4.78. The molecule has 0 aliphatic rings. The first-order chi connectivity index (χ1) is 9.05. The Morgan fingerprint density at radius 1 is 1.47 bits per heavy atom. The monoisotopic (exact) mass is 281 g/mol. The molecular weight excluding hydrogens is 262 g/mol. The predicted molar refractivity (Wildman–Crippen MR) is 79.2 cm³/mol. The Hall–Kier alpha value is -1.44. The lowest BCUT2D eigenvalue weighted by atomic mass is 10.0. The van der Waals surface area contributed by atoms with Gasteiger partial charge in [-0.05, 0) is 24.8 Å². The summed E-state index contributed by atoms with van der Waals surface area (Å²) >= 11 is 1.53. The van der Waals surface area contributed by atoms with Crippen LogP contribution in [-0.4, -0.2) is 27.2 Å². The third-order valence-corrected chi connectivity index (χ3v) is 3.69. The lowest BCUT2D eigenvalue weighted by molar-refractivity contribution is 0.0636. The Morgan fingerprint density at radius 2 is 2.26 bits per heavy atom. The number of fused-ring (bicyclic) bond motifs is 1. The molecule has 0 spiro atoms. The molecule has 0 fully saturated rings. The lowest BCUT2D eigenvalue weighted by Crippen LogP contribution is -2.33. The summed E-state index contributed by atoms with van der Waals surface area (Å²) in [5.41, 5.74) is 1.70. The summed E-state index contributed by atoms with van der Waals surface area (Å²) in [5, 5.41) is 16.3. The van der Waals surface area contributed by atoms with E-state index >= 15 is 0 Å². The molecule has 6 nitrogen and oxygen atoms in total. The van der Waals surface area contributed by atoms with Crippen LogP contribution in [0.4, 0.5) is 11.8 Å². The molecule has 0 saturated carbocycles. The molecule has 0 aliphatic carbocycles. The summed E-state index contributed by atoms with van der Waals surface area (Å²) in [5.74, 6) is 6.42. The normalized spacial score (nSPS) is 14.3. The van der Waals surface area contributed by atoms with Crippen LogP contribution >= 0.6 is 11.3 Å². The quantitative estimate of drug-likeness (QED) is 0.477. The Kier molecular flexibility index (Phi) is 4.18. The van der Waals surface area contributed by atoms with E-state index in [1.165, 1.54) is 11.3 Å². The number of anilines is 2. The Morgan fingerprint density at radius 3 is 2.95 bits per heavy atom. The fourth-order valence-electron chi connectivity index (χ4n) is 1.96. The predicted octanol–water partition coefficient (Wildman–Crippen LogP) is 1.94. The van der Waals surface area contributed by atoms with E-state index in [0.717, 1.165) is 23.1 Å². The molecular formula is C12H19N5OS. The van der Waals surface area contributed by atoms with Crippen LogP contribution in [0.5, 0.6) is 0 Å². The first-order valence-electron chi connectivity index (χ1n) is 6.24. The fourth-order valence-corrected chi connectivity index (χ4v) is 2.72. The van der Waals surface area contributed by atoms with Crippen molar-refractivity contribution in [2.24, 2.45) is 5.84 Å². The summed E-state index contributed by atoms with van der Waals surface area (Å²) in [6.07, 6.45) is 1.67. The molecule has 2 rings (SSSR count). The van der Waals surface area contributed by atoms with E-state index in [2.05, 4.69) is 20.7 Å². The van der Waals surface area contributed by atoms with E-state index in [4.69, 9.17) is 5.84 Å². The molecule has 0 saturated heterocycles. The zero-order chi connectivity index (χ0) is 13.9. The van der Waals surface area contributed by atoms with Crippen molar-refractivity contribution in [2.75, 3.05) is 17.3 Å². The summed E-state index contributed by atoms with van der Waals surface area (Å²) in [6.45, 7) is 4.30. The van der Waals surface area contributed by atoms with Crippen LogP contribution in [0, 0.1) is 0 Å². The molecule has 0 amide bonds. The van der Waals surface area contributed by atoms with Gasteiger partial charge in [-0.3, -0.25) is 5.43 Å². The van der Waals surface area contributed by atoms with Gasteiger partial charge in [-0.2, -0.15) is 4.98 Å².